The van der Waals surface area contributed by atoms with Gasteiger partial charge in [0.15, 0.2) is 0 Å². The monoisotopic (exact) mass is 253 g/mol. The van der Waals surface area contributed by atoms with Crippen LogP contribution in [0, 0.1) is 11.3 Å². The summed E-state index contributed by atoms with van der Waals surface area (Å²) in [6, 6.07) is 0. The van der Waals surface area contributed by atoms with E-state index in [4.69, 9.17) is 11.5 Å². The highest BCUT2D eigenvalue weighted by Crippen LogP contribution is 2.39. The van der Waals surface area contributed by atoms with Crippen LogP contribution in [0.3, 0.4) is 0 Å². The minimum absolute atomic E-state index is 0.0635. The number of amides is 2. The van der Waals surface area contributed by atoms with Gasteiger partial charge in [0.25, 0.3) is 0 Å². The molecule has 1 aliphatic heterocycles. The van der Waals surface area contributed by atoms with E-state index in [2.05, 4.69) is 0 Å². The van der Waals surface area contributed by atoms with Crippen molar-refractivity contribution in [3.63, 3.8) is 0 Å². The van der Waals surface area contributed by atoms with Crippen LogP contribution in [0.15, 0.2) is 0 Å². The maximum absolute atomic E-state index is 12.6. The van der Waals surface area contributed by atoms with Crippen molar-refractivity contribution in [3.05, 3.63) is 0 Å². The molecule has 5 nitrogen and oxygen atoms in total. The highest BCUT2D eigenvalue weighted by atomic mass is 16.2. The summed E-state index contributed by atoms with van der Waals surface area (Å²) in [7, 11) is 0. The Hall–Kier alpha value is -1.10. The zero-order chi connectivity index (χ0) is 13.2. The van der Waals surface area contributed by atoms with Crippen molar-refractivity contribution < 1.29 is 9.59 Å². The predicted molar refractivity (Wildman–Crippen MR) is 68.5 cm³/mol. The van der Waals surface area contributed by atoms with E-state index in [0.717, 1.165) is 25.7 Å². The maximum Gasteiger partial charge on any atom is 0.230 e. The number of carbonyl (C=O) groups excluding carboxylic acids is 2. The lowest BCUT2D eigenvalue weighted by atomic mass is 9.83. The van der Waals surface area contributed by atoms with Crippen molar-refractivity contribution in [1.29, 1.82) is 0 Å². The number of likely N-dealkylation sites (tertiary alicyclic amines) is 1. The van der Waals surface area contributed by atoms with Crippen LogP contribution in [0.5, 0.6) is 0 Å². The highest BCUT2D eigenvalue weighted by molar-refractivity contribution is 5.84. The fourth-order valence-corrected chi connectivity index (χ4v) is 3.26. The van der Waals surface area contributed by atoms with Crippen LogP contribution in [-0.2, 0) is 9.59 Å². The lowest BCUT2D eigenvalue weighted by Gasteiger charge is -2.37. The third kappa shape index (κ3) is 2.36. The average molecular weight is 253 g/mol. The molecule has 2 rings (SSSR count). The van der Waals surface area contributed by atoms with Crippen molar-refractivity contribution in [2.45, 2.75) is 38.5 Å². The Balaban J connectivity index is 1.96. The number of carbonyl (C=O) groups is 2. The van der Waals surface area contributed by atoms with Crippen LogP contribution in [0.25, 0.3) is 0 Å². The Morgan fingerprint density at radius 1 is 1.17 bits per heavy atom. The molecule has 5 heteroatoms. The number of primary amides is 1. The first-order chi connectivity index (χ1) is 8.59. The lowest BCUT2D eigenvalue weighted by Crippen LogP contribution is -2.50. The fourth-order valence-electron chi connectivity index (χ4n) is 3.26. The summed E-state index contributed by atoms with van der Waals surface area (Å²) in [6.45, 7) is 1.74. The molecular weight excluding hydrogens is 230 g/mol. The largest absolute Gasteiger partial charge is 0.369 e. The molecule has 1 aliphatic carbocycles. The van der Waals surface area contributed by atoms with Gasteiger partial charge in [0.05, 0.1) is 5.41 Å². The molecule has 4 N–H and O–H groups in total. The molecule has 0 aromatic carbocycles. The summed E-state index contributed by atoms with van der Waals surface area (Å²) in [4.78, 5) is 25.6. The van der Waals surface area contributed by atoms with Gasteiger partial charge >= 0.3 is 0 Å². The zero-order valence-electron chi connectivity index (χ0n) is 10.9. The van der Waals surface area contributed by atoms with Gasteiger partial charge in [-0.15, -0.1) is 0 Å². The van der Waals surface area contributed by atoms with Crippen molar-refractivity contribution in [3.8, 4) is 0 Å². The normalized spacial score (nSPS) is 24.2. The molecule has 18 heavy (non-hydrogen) atoms. The minimum Gasteiger partial charge on any atom is -0.369 e. The predicted octanol–water partition coefficient (Wildman–Crippen LogP) is 0.229. The van der Waals surface area contributed by atoms with Gasteiger partial charge in [-0.1, -0.05) is 12.8 Å². The summed E-state index contributed by atoms with van der Waals surface area (Å²) in [5.74, 6) is -0.103. The molecule has 1 saturated carbocycles. The Labute approximate surface area is 108 Å². The van der Waals surface area contributed by atoms with Gasteiger partial charge in [-0.25, -0.2) is 0 Å². The van der Waals surface area contributed by atoms with E-state index in [1.807, 2.05) is 4.90 Å². The van der Waals surface area contributed by atoms with E-state index in [9.17, 15) is 9.59 Å². The molecule has 0 radical (unpaired) electrons. The van der Waals surface area contributed by atoms with Crippen LogP contribution in [-0.4, -0.2) is 36.3 Å². The van der Waals surface area contributed by atoms with Crippen molar-refractivity contribution in [1.82, 2.24) is 4.90 Å². The van der Waals surface area contributed by atoms with Crippen molar-refractivity contribution >= 4 is 11.8 Å². The van der Waals surface area contributed by atoms with Gasteiger partial charge in [-0.2, -0.15) is 0 Å². The van der Waals surface area contributed by atoms with Crippen LogP contribution in [0.4, 0.5) is 0 Å². The third-order valence-electron chi connectivity index (χ3n) is 4.59. The molecule has 2 amide bonds. The number of hydrogen-bond donors (Lipinski definition) is 2. The van der Waals surface area contributed by atoms with Crippen LogP contribution in [0.2, 0.25) is 0 Å². The van der Waals surface area contributed by atoms with Gasteiger partial charge in [-0.05, 0) is 25.7 Å². The standard InChI is InChI=1S/C13H23N3O2/c14-9-13(5-1-2-6-13)12(18)16-7-3-10(4-8-16)11(15)17/h10H,1-9,14H2,(H2,15,17). The molecule has 0 spiro atoms. The molecule has 102 valence electrons. The molecular formula is C13H23N3O2. The fraction of sp³-hybridized carbons (Fsp3) is 0.846. The minimum atomic E-state index is -0.320. The topological polar surface area (TPSA) is 89.4 Å². The van der Waals surface area contributed by atoms with E-state index >= 15 is 0 Å². The first-order valence-electron chi connectivity index (χ1n) is 6.88. The van der Waals surface area contributed by atoms with Crippen molar-refractivity contribution in [2.24, 2.45) is 22.8 Å². The Morgan fingerprint density at radius 2 is 1.72 bits per heavy atom. The van der Waals surface area contributed by atoms with E-state index in [1.54, 1.807) is 0 Å². The Bertz CT molecular complexity index is 329. The van der Waals surface area contributed by atoms with Crippen LogP contribution < -0.4 is 11.5 Å². The van der Waals surface area contributed by atoms with Crippen LogP contribution >= 0.6 is 0 Å². The number of rotatable bonds is 3. The maximum atomic E-state index is 12.6. The molecule has 1 heterocycles. The molecule has 0 aromatic heterocycles. The van der Waals surface area contributed by atoms with E-state index in [0.29, 0.717) is 32.5 Å². The summed E-state index contributed by atoms with van der Waals surface area (Å²) in [5, 5.41) is 0. The Morgan fingerprint density at radius 3 is 2.17 bits per heavy atom. The van der Waals surface area contributed by atoms with E-state index < -0.39 is 0 Å². The second-order valence-corrected chi connectivity index (χ2v) is 5.66. The summed E-state index contributed by atoms with van der Waals surface area (Å²) in [5.41, 5.74) is 10.8. The number of nitrogens with zero attached hydrogens (tertiary/aromatic N) is 1. The Kier molecular flexibility index (Phi) is 3.90. The molecule has 0 aromatic rings. The molecule has 2 aliphatic rings. The first kappa shape index (κ1) is 13.3. The lowest BCUT2D eigenvalue weighted by molar-refractivity contribution is -0.144. The SMILES string of the molecule is NCC1(C(=O)N2CCC(C(N)=O)CC2)CCCC1. The van der Waals surface area contributed by atoms with Gasteiger partial charge in [0, 0.05) is 25.6 Å². The summed E-state index contributed by atoms with van der Waals surface area (Å²) >= 11 is 0. The molecule has 0 bridgehead atoms. The summed E-state index contributed by atoms with van der Waals surface area (Å²) in [6.07, 6.45) is 5.42. The molecule has 2 fully saturated rings. The molecule has 0 atom stereocenters. The van der Waals surface area contributed by atoms with Gasteiger partial charge in [0.2, 0.25) is 11.8 Å². The second-order valence-electron chi connectivity index (χ2n) is 5.66. The van der Waals surface area contributed by atoms with E-state index in [1.165, 1.54) is 0 Å². The van der Waals surface area contributed by atoms with Crippen LogP contribution in [0.1, 0.15) is 38.5 Å². The molecule has 0 unspecified atom stereocenters. The summed E-state index contributed by atoms with van der Waals surface area (Å²) < 4.78 is 0. The number of hydrogen-bond acceptors (Lipinski definition) is 3. The van der Waals surface area contributed by atoms with Crippen molar-refractivity contribution in [2.75, 3.05) is 19.6 Å². The van der Waals surface area contributed by atoms with Gasteiger partial charge in [0.1, 0.15) is 0 Å². The number of piperidine rings is 1. The quantitative estimate of drug-likeness (QED) is 0.754. The van der Waals surface area contributed by atoms with E-state index in [-0.39, 0.29) is 23.1 Å². The highest BCUT2D eigenvalue weighted by Gasteiger charge is 2.43. The third-order valence-corrected chi connectivity index (χ3v) is 4.59. The molecule has 1 saturated heterocycles. The van der Waals surface area contributed by atoms with Gasteiger partial charge < -0.3 is 16.4 Å². The first-order valence-corrected chi connectivity index (χ1v) is 6.88. The second kappa shape index (κ2) is 5.26. The zero-order valence-corrected chi connectivity index (χ0v) is 10.9. The number of nitrogens with two attached hydrogens (primary N) is 2. The smallest absolute Gasteiger partial charge is 0.230 e. The van der Waals surface area contributed by atoms with Gasteiger partial charge in [-0.3, -0.25) is 9.59 Å². The average Bonchev–Trinajstić information content (AvgIpc) is 2.88.